The number of rotatable bonds is 5. The van der Waals surface area contributed by atoms with Crippen LogP contribution in [0.25, 0.3) is 11.1 Å². The minimum atomic E-state index is 0.637. The minimum Gasteiger partial charge on any atom is -0.313 e. The van der Waals surface area contributed by atoms with Gasteiger partial charge in [-0.15, -0.1) is 0 Å². The van der Waals surface area contributed by atoms with Crippen LogP contribution < -0.4 is 5.32 Å². The van der Waals surface area contributed by atoms with E-state index in [1.807, 2.05) is 30.3 Å². The smallest absolute Gasteiger partial charge is 0.0499 e. The van der Waals surface area contributed by atoms with E-state index in [-0.39, 0.29) is 0 Å². The summed E-state index contributed by atoms with van der Waals surface area (Å²) in [6.45, 7) is 3.88. The second-order valence-electron chi connectivity index (χ2n) is 4.60. The third kappa shape index (κ3) is 3.89. The van der Waals surface area contributed by atoms with E-state index in [2.05, 4.69) is 12.2 Å². The van der Waals surface area contributed by atoms with Crippen molar-refractivity contribution in [3.63, 3.8) is 0 Å². The molecule has 0 radical (unpaired) electrons. The molecule has 2 rings (SSSR count). The summed E-state index contributed by atoms with van der Waals surface area (Å²) in [5.41, 5.74) is 3.19. The van der Waals surface area contributed by atoms with Crippen LogP contribution in [0.3, 0.4) is 0 Å². The van der Waals surface area contributed by atoms with Crippen LogP contribution in [0.5, 0.6) is 0 Å². The quantitative estimate of drug-likeness (QED) is 0.683. The van der Waals surface area contributed by atoms with Gasteiger partial charge in [0.05, 0.1) is 0 Å². The summed E-state index contributed by atoms with van der Waals surface area (Å²) >= 11 is 18.4. The molecule has 0 spiro atoms. The molecule has 0 atom stereocenters. The molecule has 0 saturated heterocycles. The van der Waals surface area contributed by atoms with Gasteiger partial charge in [-0.25, -0.2) is 0 Å². The molecule has 0 amide bonds. The second kappa shape index (κ2) is 7.33. The Kier molecular flexibility index (Phi) is 5.74. The summed E-state index contributed by atoms with van der Waals surface area (Å²) in [6, 6.07) is 11.4. The highest BCUT2D eigenvalue weighted by atomic mass is 35.5. The van der Waals surface area contributed by atoms with Crippen LogP contribution in [-0.2, 0) is 6.54 Å². The van der Waals surface area contributed by atoms with Gasteiger partial charge in [0, 0.05) is 27.2 Å². The summed E-state index contributed by atoms with van der Waals surface area (Å²) in [6.07, 6.45) is 1.09. The van der Waals surface area contributed by atoms with E-state index in [1.165, 1.54) is 0 Å². The number of hydrogen-bond donors (Lipinski definition) is 1. The van der Waals surface area contributed by atoms with E-state index in [4.69, 9.17) is 34.8 Å². The average molecular weight is 329 g/mol. The lowest BCUT2D eigenvalue weighted by atomic mass is 9.99. The van der Waals surface area contributed by atoms with Crippen LogP contribution in [0.4, 0.5) is 0 Å². The first kappa shape index (κ1) is 15.7. The van der Waals surface area contributed by atoms with Gasteiger partial charge in [-0.2, -0.15) is 0 Å². The molecule has 0 unspecified atom stereocenters. The molecule has 20 heavy (non-hydrogen) atoms. The lowest BCUT2D eigenvalue weighted by molar-refractivity contribution is 0.676. The number of halogens is 3. The van der Waals surface area contributed by atoms with Gasteiger partial charge < -0.3 is 5.32 Å². The monoisotopic (exact) mass is 327 g/mol. The first-order valence-electron chi connectivity index (χ1n) is 6.56. The Labute approximate surface area is 134 Å². The molecule has 1 N–H and O–H groups in total. The number of hydrogen-bond acceptors (Lipinski definition) is 1. The van der Waals surface area contributed by atoms with Crippen LogP contribution in [-0.4, -0.2) is 6.54 Å². The highest BCUT2D eigenvalue weighted by molar-refractivity contribution is 6.36. The average Bonchev–Trinajstić information content (AvgIpc) is 2.40. The van der Waals surface area contributed by atoms with Gasteiger partial charge in [-0.3, -0.25) is 0 Å². The molecule has 4 heteroatoms. The van der Waals surface area contributed by atoms with Crippen molar-refractivity contribution in [2.45, 2.75) is 19.9 Å². The SMILES string of the molecule is CCCNCc1cc(Cl)ccc1-c1ccc(Cl)cc1Cl. The summed E-state index contributed by atoms with van der Waals surface area (Å²) in [7, 11) is 0. The third-order valence-corrected chi connectivity index (χ3v) is 3.81. The largest absolute Gasteiger partial charge is 0.313 e. The van der Waals surface area contributed by atoms with Crippen LogP contribution in [0.2, 0.25) is 15.1 Å². The topological polar surface area (TPSA) is 12.0 Å². The molecule has 0 aliphatic heterocycles. The van der Waals surface area contributed by atoms with Gasteiger partial charge >= 0.3 is 0 Å². The Bertz CT molecular complexity index is 596. The zero-order chi connectivity index (χ0) is 14.5. The first-order valence-corrected chi connectivity index (χ1v) is 7.69. The lowest BCUT2D eigenvalue weighted by Gasteiger charge is -2.13. The highest BCUT2D eigenvalue weighted by Crippen LogP contribution is 2.33. The zero-order valence-electron chi connectivity index (χ0n) is 11.2. The highest BCUT2D eigenvalue weighted by Gasteiger charge is 2.09. The summed E-state index contributed by atoms with van der Waals surface area (Å²) in [4.78, 5) is 0. The van der Waals surface area contributed by atoms with Crippen molar-refractivity contribution in [3.05, 3.63) is 57.0 Å². The zero-order valence-corrected chi connectivity index (χ0v) is 13.5. The van der Waals surface area contributed by atoms with Gasteiger partial charge in [0.2, 0.25) is 0 Å². The molecule has 2 aromatic rings. The fourth-order valence-corrected chi connectivity index (χ4v) is 2.78. The molecule has 1 nitrogen and oxygen atoms in total. The van der Waals surface area contributed by atoms with Crippen molar-refractivity contribution < 1.29 is 0 Å². The van der Waals surface area contributed by atoms with Crippen molar-refractivity contribution in [2.24, 2.45) is 0 Å². The molecule has 0 saturated carbocycles. The van der Waals surface area contributed by atoms with Crippen LogP contribution in [0.1, 0.15) is 18.9 Å². The lowest BCUT2D eigenvalue weighted by Crippen LogP contribution is -2.14. The molecule has 106 valence electrons. The summed E-state index contributed by atoms with van der Waals surface area (Å²) in [5, 5.41) is 5.41. The van der Waals surface area contributed by atoms with Crippen molar-refractivity contribution >= 4 is 34.8 Å². The van der Waals surface area contributed by atoms with Crippen LogP contribution in [0.15, 0.2) is 36.4 Å². The molecule has 0 aliphatic rings. The molecule has 0 aliphatic carbocycles. The van der Waals surface area contributed by atoms with Gasteiger partial charge in [0.25, 0.3) is 0 Å². The first-order chi connectivity index (χ1) is 9.61. The molecule has 0 bridgehead atoms. The Morgan fingerprint density at radius 1 is 0.900 bits per heavy atom. The maximum absolute atomic E-state index is 6.30. The van der Waals surface area contributed by atoms with E-state index in [0.717, 1.165) is 41.2 Å². The number of nitrogens with one attached hydrogen (secondary N) is 1. The Morgan fingerprint density at radius 2 is 1.55 bits per heavy atom. The Balaban J connectivity index is 2.39. The minimum absolute atomic E-state index is 0.637. The summed E-state index contributed by atoms with van der Waals surface area (Å²) < 4.78 is 0. The molecule has 0 heterocycles. The maximum atomic E-state index is 6.30. The van der Waals surface area contributed by atoms with Crippen molar-refractivity contribution in [2.75, 3.05) is 6.54 Å². The second-order valence-corrected chi connectivity index (χ2v) is 5.88. The maximum Gasteiger partial charge on any atom is 0.0499 e. The van der Waals surface area contributed by atoms with E-state index >= 15 is 0 Å². The normalized spacial score (nSPS) is 10.8. The van der Waals surface area contributed by atoms with Gasteiger partial charge in [-0.05, 0) is 48.4 Å². The van der Waals surface area contributed by atoms with Crippen LogP contribution in [0, 0.1) is 0 Å². The summed E-state index contributed by atoms with van der Waals surface area (Å²) in [5.74, 6) is 0. The van der Waals surface area contributed by atoms with Gasteiger partial charge in [-0.1, -0.05) is 53.9 Å². The third-order valence-electron chi connectivity index (χ3n) is 3.03. The van der Waals surface area contributed by atoms with Crippen LogP contribution >= 0.6 is 34.8 Å². The molecular weight excluding hydrogens is 313 g/mol. The molecular formula is C16H16Cl3N. The number of benzene rings is 2. The van der Waals surface area contributed by atoms with E-state index in [1.54, 1.807) is 6.07 Å². The van der Waals surface area contributed by atoms with Gasteiger partial charge in [0.1, 0.15) is 0 Å². The van der Waals surface area contributed by atoms with E-state index in [9.17, 15) is 0 Å². The predicted octanol–water partition coefficient (Wildman–Crippen LogP) is 5.81. The molecule has 0 fully saturated rings. The van der Waals surface area contributed by atoms with E-state index < -0.39 is 0 Å². The van der Waals surface area contributed by atoms with Crippen molar-refractivity contribution in [3.8, 4) is 11.1 Å². The standard InChI is InChI=1S/C16H16Cl3N/c1-2-7-20-10-11-8-12(17)3-5-14(11)15-6-4-13(18)9-16(15)19/h3-6,8-9,20H,2,7,10H2,1H3. The van der Waals surface area contributed by atoms with E-state index in [0.29, 0.717) is 10.0 Å². The molecule has 2 aromatic carbocycles. The fourth-order valence-electron chi connectivity index (χ4n) is 2.08. The molecule has 0 aromatic heterocycles. The predicted molar refractivity (Wildman–Crippen MR) is 88.9 cm³/mol. The van der Waals surface area contributed by atoms with Crippen molar-refractivity contribution in [1.29, 1.82) is 0 Å². The Morgan fingerprint density at radius 3 is 2.20 bits per heavy atom. The Hall–Kier alpha value is -0.730. The fraction of sp³-hybridized carbons (Fsp3) is 0.250. The van der Waals surface area contributed by atoms with Gasteiger partial charge in [0.15, 0.2) is 0 Å². The van der Waals surface area contributed by atoms with Crippen molar-refractivity contribution in [1.82, 2.24) is 5.32 Å².